The zero-order valence-corrected chi connectivity index (χ0v) is 10.9. The summed E-state index contributed by atoms with van der Waals surface area (Å²) in [6.45, 7) is 0.892. The SMILES string of the molecule is C[NH2+]Cc1ccccc1Sc1cc(O)ccc1O. The smallest absolute Gasteiger partial charge is 0.129 e. The monoisotopic (exact) mass is 262 g/mol. The van der Waals surface area contributed by atoms with E-state index >= 15 is 0 Å². The molecule has 0 atom stereocenters. The minimum atomic E-state index is 0.162. The molecule has 2 aromatic carbocycles. The van der Waals surface area contributed by atoms with Crippen LogP contribution in [0.1, 0.15) is 5.56 Å². The highest BCUT2D eigenvalue weighted by molar-refractivity contribution is 7.99. The standard InChI is InChI=1S/C14H15NO2S/c1-15-9-10-4-2-3-5-13(10)18-14-8-11(16)6-7-12(14)17/h2-8,15-17H,9H2,1H3/p+1. The van der Waals surface area contributed by atoms with Crippen LogP contribution in [-0.4, -0.2) is 17.3 Å². The van der Waals surface area contributed by atoms with Gasteiger partial charge >= 0.3 is 0 Å². The Labute approximate surface area is 110 Å². The first-order valence-corrected chi connectivity index (χ1v) is 6.58. The van der Waals surface area contributed by atoms with Gasteiger partial charge in [0, 0.05) is 10.5 Å². The van der Waals surface area contributed by atoms with Crippen LogP contribution in [0.3, 0.4) is 0 Å². The molecule has 0 unspecified atom stereocenters. The second kappa shape index (κ2) is 5.80. The van der Waals surface area contributed by atoms with Crippen molar-refractivity contribution in [3.8, 4) is 11.5 Å². The number of hydrogen-bond acceptors (Lipinski definition) is 3. The van der Waals surface area contributed by atoms with Gasteiger partial charge in [-0.25, -0.2) is 0 Å². The van der Waals surface area contributed by atoms with E-state index in [0.29, 0.717) is 4.90 Å². The molecular formula is C14H16NO2S+. The molecule has 2 aromatic rings. The molecule has 4 N–H and O–H groups in total. The Kier molecular flexibility index (Phi) is 4.12. The molecule has 0 aliphatic heterocycles. The molecule has 0 fully saturated rings. The zero-order chi connectivity index (χ0) is 13.0. The van der Waals surface area contributed by atoms with E-state index in [1.807, 2.05) is 25.2 Å². The molecule has 2 rings (SSSR count). The fourth-order valence-corrected chi connectivity index (χ4v) is 2.71. The van der Waals surface area contributed by atoms with Gasteiger partial charge in [-0.05, 0) is 24.3 Å². The van der Waals surface area contributed by atoms with Crippen molar-refractivity contribution >= 4 is 11.8 Å². The quantitative estimate of drug-likeness (QED) is 0.738. The van der Waals surface area contributed by atoms with E-state index in [0.717, 1.165) is 11.4 Å². The maximum Gasteiger partial charge on any atom is 0.129 e. The number of nitrogens with two attached hydrogens (primary N) is 1. The Morgan fingerprint density at radius 3 is 2.61 bits per heavy atom. The molecule has 94 valence electrons. The highest BCUT2D eigenvalue weighted by atomic mass is 32.2. The molecule has 0 spiro atoms. The number of hydrogen-bond donors (Lipinski definition) is 3. The summed E-state index contributed by atoms with van der Waals surface area (Å²) in [5.74, 6) is 0.350. The Morgan fingerprint density at radius 2 is 1.83 bits per heavy atom. The number of rotatable bonds is 4. The third-order valence-electron chi connectivity index (χ3n) is 2.56. The van der Waals surface area contributed by atoms with Crippen molar-refractivity contribution in [1.82, 2.24) is 0 Å². The van der Waals surface area contributed by atoms with Crippen LogP contribution in [0.5, 0.6) is 11.5 Å². The van der Waals surface area contributed by atoms with E-state index in [1.165, 1.54) is 29.5 Å². The highest BCUT2D eigenvalue weighted by Gasteiger charge is 2.08. The summed E-state index contributed by atoms with van der Waals surface area (Å²) in [5, 5.41) is 21.3. The third kappa shape index (κ3) is 2.97. The van der Waals surface area contributed by atoms with Crippen LogP contribution in [0.25, 0.3) is 0 Å². The van der Waals surface area contributed by atoms with Crippen LogP contribution in [0.4, 0.5) is 0 Å². The van der Waals surface area contributed by atoms with Gasteiger partial charge in [-0.15, -0.1) is 0 Å². The second-order valence-corrected chi connectivity index (χ2v) is 5.06. The summed E-state index contributed by atoms with van der Waals surface area (Å²) >= 11 is 1.46. The van der Waals surface area contributed by atoms with E-state index in [1.54, 1.807) is 6.07 Å². The van der Waals surface area contributed by atoms with E-state index in [9.17, 15) is 10.2 Å². The molecular weight excluding hydrogens is 246 g/mol. The molecule has 0 aromatic heterocycles. The Balaban J connectivity index is 2.30. The highest BCUT2D eigenvalue weighted by Crippen LogP contribution is 2.37. The molecule has 0 amide bonds. The minimum absolute atomic E-state index is 0.162. The topological polar surface area (TPSA) is 57.1 Å². The molecule has 0 heterocycles. The lowest BCUT2D eigenvalue weighted by atomic mass is 10.2. The lowest BCUT2D eigenvalue weighted by molar-refractivity contribution is -0.643. The lowest BCUT2D eigenvalue weighted by Gasteiger charge is -2.08. The van der Waals surface area contributed by atoms with Crippen molar-refractivity contribution in [2.75, 3.05) is 7.05 Å². The summed E-state index contributed by atoms with van der Waals surface area (Å²) in [6, 6.07) is 12.6. The number of benzene rings is 2. The number of phenolic OH excluding ortho intramolecular Hbond substituents is 2. The van der Waals surface area contributed by atoms with Gasteiger partial charge in [-0.2, -0.15) is 0 Å². The van der Waals surface area contributed by atoms with Gasteiger partial charge in [-0.3, -0.25) is 0 Å². The average Bonchev–Trinajstić information content (AvgIpc) is 2.36. The first-order valence-electron chi connectivity index (χ1n) is 5.76. The van der Waals surface area contributed by atoms with Crippen molar-refractivity contribution in [2.45, 2.75) is 16.3 Å². The first kappa shape index (κ1) is 12.8. The minimum Gasteiger partial charge on any atom is -0.508 e. The second-order valence-electron chi connectivity index (χ2n) is 3.97. The summed E-state index contributed by atoms with van der Waals surface area (Å²) in [4.78, 5) is 1.76. The molecule has 0 saturated carbocycles. The third-order valence-corrected chi connectivity index (χ3v) is 3.73. The normalized spacial score (nSPS) is 10.5. The zero-order valence-electron chi connectivity index (χ0n) is 10.1. The maximum atomic E-state index is 9.78. The molecule has 18 heavy (non-hydrogen) atoms. The molecule has 0 aliphatic rings. The van der Waals surface area contributed by atoms with Crippen molar-refractivity contribution in [1.29, 1.82) is 0 Å². The molecule has 0 aliphatic carbocycles. The number of aromatic hydroxyl groups is 2. The van der Waals surface area contributed by atoms with Gasteiger partial charge < -0.3 is 15.5 Å². The van der Waals surface area contributed by atoms with Crippen LogP contribution in [0, 0.1) is 0 Å². The van der Waals surface area contributed by atoms with Gasteiger partial charge in [0.1, 0.15) is 18.0 Å². The summed E-state index contributed by atoms with van der Waals surface area (Å²) < 4.78 is 0. The van der Waals surface area contributed by atoms with E-state index in [2.05, 4.69) is 11.4 Å². The van der Waals surface area contributed by atoms with Gasteiger partial charge in [-0.1, -0.05) is 30.0 Å². The summed E-state index contributed by atoms with van der Waals surface area (Å²) in [5.41, 5.74) is 1.22. The first-order chi connectivity index (χ1) is 8.70. The van der Waals surface area contributed by atoms with Gasteiger partial charge in [0.15, 0.2) is 0 Å². The van der Waals surface area contributed by atoms with Gasteiger partial charge in [0.2, 0.25) is 0 Å². The average molecular weight is 262 g/mol. The van der Waals surface area contributed by atoms with Crippen molar-refractivity contribution in [3.63, 3.8) is 0 Å². The lowest BCUT2D eigenvalue weighted by Crippen LogP contribution is -2.77. The van der Waals surface area contributed by atoms with E-state index in [-0.39, 0.29) is 11.5 Å². The maximum absolute atomic E-state index is 9.78. The van der Waals surface area contributed by atoms with Crippen LogP contribution in [0.15, 0.2) is 52.3 Å². The number of quaternary nitrogens is 1. The largest absolute Gasteiger partial charge is 0.508 e. The number of phenols is 2. The van der Waals surface area contributed by atoms with Gasteiger partial charge in [0.25, 0.3) is 0 Å². The predicted molar refractivity (Wildman–Crippen MR) is 71.9 cm³/mol. The van der Waals surface area contributed by atoms with E-state index in [4.69, 9.17) is 0 Å². The van der Waals surface area contributed by atoms with Crippen LogP contribution in [-0.2, 0) is 6.54 Å². The molecule has 0 saturated heterocycles. The Morgan fingerprint density at radius 1 is 1.06 bits per heavy atom. The Hall–Kier alpha value is -1.65. The molecule has 3 nitrogen and oxygen atoms in total. The summed E-state index contributed by atoms with van der Waals surface area (Å²) in [6.07, 6.45) is 0. The molecule has 0 bridgehead atoms. The van der Waals surface area contributed by atoms with Crippen LogP contribution < -0.4 is 5.32 Å². The van der Waals surface area contributed by atoms with Crippen molar-refractivity contribution in [3.05, 3.63) is 48.0 Å². The van der Waals surface area contributed by atoms with Gasteiger partial charge in [0.05, 0.1) is 11.9 Å². The van der Waals surface area contributed by atoms with Crippen molar-refractivity contribution in [2.24, 2.45) is 0 Å². The van der Waals surface area contributed by atoms with Crippen LogP contribution in [0.2, 0.25) is 0 Å². The van der Waals surface area contributed by atoms with E-state index < -0.39 is 0 Å². The predicted octanol–water partition coefficient (Wildman–Crippen LogP) is 1.94. The fourth-order valence-electron chi connectivity index (χ4n) is 1.69. The van der Waals surface area contributed by atoms with Crippen molar-refractivity contribution < 1.29 is 15.5 Å². The molecule has 4 heteroatoms. The fraction of sp³-hybridized carbons (Fsp3) is 0.143. The Bertz CT molecular complexity index is 543. The van der Waals surface area contributed by atoms with Crippen LogP contribution >= 0.6 is 11.8 Å². The molecule has 0 radical (unpaired) electrons. The summed E-state index contributed by atoms with van der Waals surface area (Å²) in [7, 11) is 2.02.